The number of amides is 1. The van der Waals surface area contributed by atoms with Gasteiger partial charge >= 0.3 is 5.97 Å². The molecular formula is C12H17N5O3S. The molecule has 8 nitrogen and oxygen atoms in total. The maximum Gasteiger partial charge on any atom is 0.333 e. The van der Waals surface area contributed by atoms with E-state index in [0.717, 1.165) is 12.8 Å². The zero-order chi connectivity index (χ0) is 15.2. The van der Waals surface area contributed by atoms with Gasteiger partial charge in [0.25, 0.3) is 0 Å². The van der Waals surface area contributed by atoms with E-state index < -0.39 is 5.97 Å². The third kappa shape index (κ3) is 3.81. The fourth-order valence-corrected chi connectivity index (χ4v) is 2.75. The van der Waals surface area contributed by atoms with Crippen LogP contribution in [0.5, 0.6) is 0 Å². The quantitative estimate of drug-likeness (QED) is 0.560. The monoisotopic (exact) mass is 311 g/mol. The SMILES string of the molecule is CCCCn1nnnc1CN1C(=O)CSC1=CC(=O)OC. The van der Waals surface area contributed by atoms with E-state index >= 15 is 0 Å². The van der Waals surface area contributed by atoms with Crippen LogP contribution >= 0.6 is 11.8 Å². The van der Waals surface area contributed by atoms with Crippen molar-refractivity contribution in [1.29, 1.82) is 0 Å². The number of nitrogens with zero attached hydrogens (tertiary/aromatic N) is 5. The summed E-state index contributed by atoms with van der Waals surface area (Å²) in [7, 11) is 1.30. The van der Waals surface area contributed by atoms with Crippen molar-refractivity contribution in [2.45, 2.75) is 32.9 Å². The maximum atomic E-state index is 11.9. The average molecular weight is 311 g/mol. The number of methoxy groups -OCH3 is 1. The first-order valence-corrected chi connectivity index (χ1v) is 7.62. The van der Waals surface area contributed by atoms with Crippen LogP contribution in [0, 0.1) is 0 Å². The van der Waals surface area contributed by atoms with Gasteiger partial charge < -0.3 is 4.74 Å². The van der Waals surface area contributed by atoms with Crippen LogP contribution in [0.3, 0.4) is 0 Å². The van der Waals surface area contributed by atoms with E-state index in [1.54, 1.807) is 4.68 Å². The minimum atomic E-state index is -0.484. The van der Waals surface area contributed by atoms with Crippen LogP contribution in [-0.4, -0.2) is 49.8 Å². The fraction of sp³-hybridized carbons (Fsp3) is 0.583. The Morgan fingerprint density at radius 1 is 1.52 bits per heavy atom. The minimum absolute atomic E-state index is 0.0693. The summed E-state index contributed by atoms with van der Waals surface area (Å²) in [4.78, 5) is 24.8. The zero-order valence-corrected chi connectivity index (χ0v) is 12.8. The highest BCUT2D eigenvalue weighted by atomic mass is 32.2. The normalized spacial score (nSPS) is 16.8. The predicted octanol–water partition coefficient (Wildman–Crippen LogP) is 0.563. The highest BCUT2D eigenvalue weighted by Crippen LogP contribution is 2.30. The van der Waals surface area contributed by atoms with Gasteiger partial charge in [0.2, 0.25) is 5.91 Å². The van der Waals surface area contributed by atoms with Crippen molar-refractivity contribution in [1.82, 2.24) is 25.1 Å². The number of hydrogen-bond donors (Lipinski definition) is 0. The number of aromatic nitrogens is 4. The molecule has 0 bridgehead atoms. The van der Waals surface area contributed by atoms with Gasteiger partial charge in [-0.2, -0.15) is 0 Å². The Bertz CT molecular complexity index is 557. The lowest BCUT2D eigenvalue weighted by atomic mass is 10.3. The number of thioether (sulfide) groups is 1. The molecule has 9 heteroatoms. The summed E-state index contributed by atoms with van der Waals surface area (Å²) in [5.74, 6) is 0.359. The van der Waals surface area contributed by atoms with Crippen molar-refractivity contribution in [2.24, 2.45) is 0 Å². The number of ether oxygens (including phenoxy) is 1. The second kappa shape index (κ2) is 7.21. The second-order valence-electron chi connectivity index (χ2n) is 4.45. The van der Waals surface area contributed by atoms with Crippen molar-refractivity contribution in [3.05, 3.63) is 16.9 Å². The van der Waals surface area contributed by atoms with Gasteiger partial charge in [0.1, 0.15) is 0 Å². The molecule has 1 amide bonds. The van der Waals surface area contributed by atoms with Gasteiger partial charge in [-0.3, -0.25) is 9.69 Å². The van der Waals surface area contributed by atoms with Crippen LogP contribution in [-0.2, 0) is 27.4 Å². The van der Waals surface area contributed by atoms with Gasteiger partial charge in [-0.15, -0.1) is 5.10 Å². The molecule has 1 saturated heterocycles. The molecule has 21 heavy (non-hydrogen) atoms. The largest absolute Gasteiger partial charge is 0.466 e. The van der Waals surface area contributed by atoms with Gasteiger partial charge in [-0.1, -0.05) is 25.1 Å². The first kappa shape index (κ1) is 15.5. The van der Waals surface area contributed by atoms with Crippen LogP contribution in [0.4, 0.5) is 0 Å². The van der Waals surface area contributed by atoms with Crippen molar-refractivity contribution >= 4 is 23.6 Å². The molecule has 0 spiro atoms. The molecule has 2 heterocycles. The Labute approximate surface area is 126 Å². The van der Waals surface area contributed by atoms with E-state index in [-0.39, 0.29) is 12.5 Å². The van der Waals surface area contributed by atoms with Crippen LogP contribution in [0.15, 0.2) is 11.1 Å². The van der Waals surface area contributed by atoms with E-state index in [2.05, 4.69) is 27.2 Å². The Hall–Kier alpha value is -1.90. The van der Waals surface area contributed by atoms with Gasteiger partial charge in [0.15, 0.2) is 5.82 Å². The number of tetrazole rings is 1. The lowest BCUT2D eigenvalue weighted by molar-refractivity contribution is -0.134. The Morgan fingerprint density at radius 2 is 2.33 bits per heavy atom. The number of esters is 1. The van der Waals surface area contributed by atoms with Crippen molar-refractivity contribution in [3.63, 3.8) is 0 Å². The Balaban J connectivity index is 2.13. The fourth-order valence-electron chi connectivity index (χ4n) is 1.82. The maximum absolute atomic E-state index is 11.9. The van der Waals surface area contributed by atoms with E-state index in [9.17, 15) is 9.59 Å². The van der Waals surface area contributed by atoms with Crippen LogP contribution in [0.2, 0.25) is 0 Å². The summed E-state index contributed by atoms with van der Waals surface area (Å²) in [6.45, 7) is 3.05. The molecule has 0 aliphatic carbocycles. The molecule has 0 aromatic carbocycles. The highest BCUT2D eigenvalue weighted by molar-refractivity contribution is 8.04. The standard InChI is InChI=1S/C12H17N5O3S/c1-3-4-5-17-9(13-14-15-17)7-16-10(18)8-21-11(16)6-12(19)20-2/h6H,3-5,7-8H2,1-2H3. The lowest BCUT2D eigenvalue weighted by Crippen LogP contribution is -2.26. The molecule has 114 valence electrons. The number of hydrogen-bond acceptors (Lipinski definition) is 7. The average Bonchev–Trinajstić information content (AvgIpc) is 3.06. The molecule has 2 rings (SSSR count). The molecule has 1 aromatic rings. The smallest absolute Gasteiger partial charge is 0.333 e. The first-order chi connectivity index (χ1) is 10.2. The van der Waals surface area contributed by atoms with E-state index in [4.69, 9.17) is 0 Å². The van der Waals surface area contributed by atoms with Crippen molar-refractivity contribution in [2.75, 3.05) is 12.9 Å². The molecule has 0 unspecified atom stereocenters. The number of unbranched alkanes of at least 4 members (excludes halogenated alkanes) is 1. The summed E-state index contributed by atoms with van der Waals surface area (Å²) in [6.07, 6.45) is 3.31. The van der Waals surface area contributed by atoms with Crippen LogP contribution in [0.25, 0.3) is 0 Å². The molecular weight excluding hydrogens is 294 g/mol. The lowest BCUT2D eigenvalue weighted by Gasteiger charge is -2.16. The Morgan fingerprint density at radius 3 is 3.05 bits per heavy atom. The van der Waals surface area contributed by atoms with Crippen LogP contribution < -0.4 is 0 Å². The molecule has 1 fully saturated rings. The number of aryl methyl sites for hydroxylation is 1. The topological polar surface area (TPSA) is 90.2 Å². The van der Waals surface area contributed by atoms with Gasteiger partial charge in [-0.05, 0) is 16.8 Å². The van der Waals surface area contributed by atoms with Gasteiger partial charge in [0, 0.05) is 6.54 Å². The third-order valence-electron chi connectivity index (χ3n) is 2.98. The van der Waals surface area contributed by atoms with E-state index in [1.165, 1.54) is 29.8 Å². The third-order valence-corrected chi connectivity index (χ3v) is 4.01. The van der Waals surface area contributed by atoms with E-state index in [1.807, 2.05) is 0 Å². The molecule has 0 radical (unpaired) electrons. The predicted molar refractivity (Wildman–Crippen MR) is 75.8 cm³/mol. The van der Waals surface area contributed by atoms with Gasteiger partial charge in [-0.25, -0.2) is 9.48 Å². The minimum Gasteiger partial charge on any atom is -0.466 e. The van der Waals surface area contributed by atoms with Crippen LogP contribution in [0.1, 0.15) is 25.6 Å². The summed E-state index contributed by atoms with van der Waals surface area (Å²) in [5, 5.41) is 12.1. The molecule has 1 aliphatic heterocycles. The van der Waals surface area contributed by atoms with E-state index in [0.29, 0.717) is 23.2 Å². The first-order valence-electron chi connectivity index (χ1n) is 6.63. The van der Waals surface area contributed by atoms with Crippen molar-refractivity contribution < 1.29 is 14.3 Å². The Kier molecular flexibility index (Phi) is 5.32. The number of carbonyl (C=O) groups excluding carboxylic acids is 2. The molecule has 0 atom stereocenters. The van der Waals surface area contributed by atoms with Crippen molar-refractivity contribution in [3.8, 4) is 0 Å². The zero-order valence-electron chi connectivity index (χ0n) is 12.0. The summed E-state index contributed by atoms with van der Waals surface area (Å²) >= 11 is 1.31. The molecule has 0 N–H and O–H groups in total. The second-order valence-corrected chi connectivity index (χ2v) is 5.44. The molecule has 0 saturated carbocycles. The van der Waals surface area contributed by atoms with Gasteiger partial charge in [0.05, 0.1) is 30.5 Å². The summed E-state index contributed by atoms with van der Waals surface area (Å²) in [5.41, 5.74) is 0. The molecule has 1 aromatic heterocycles. The highest BCUT2D eigenvalue weighted by Gasteiger charge is 2.29. The number of carbonyl (C=O) groups is 2. The summed E-state index contributed by atoms with van der Waals surface area (Å²) < 4.78 is 6.29. The summed E-state index contributed by atoms with van der Waals surface area (Å²) in [6, 6.07) is 0. The molecule has 1 aliphatic rings. The number of rotatable bonds is 6.